The molecule has 0 saturated heterocycles. The standard InChI is InChI=1S/C24H25N3O3S/c25-23(24(29)30)21(27-14-17-7-6-12-26-13-17)15-31-16-22(28)20-11-5-4-10-19(20)18-8-2-1-3-9-18/h1-13,21,23,27H,14-16,25H2,(H,29,30)/t21?,23-/m0/s1. The molecule has 3 rings (SSSR count). The number of hydrogen-bond donors (Lipinski definition) is 3. The minimum atomic E-state index is -1.08. The van der Waals surface area contributed by atoms with Gasteiger partial charge < -0.3 is 16.2 Å². The average molecular weight is 436 g/mol. The summed E-state index contributed by atoms with van der Waals surface area (Å²) in [6.45, 7) is 0.449. The predicted octanol–water partition coefficient (Wildman–Crippen LogP) is 3.23. The smallest absolute Gasteiger partial charge is 0.322 e. The van der Waals surface area contributed by atoms with Crippen molar-refractivity contribution in [3.05, 3.63) is 90.3 Å². The second-order valence-electron chi connectivity index (χ2n) is 7.06. The summed E-state index contributed by atoms with van der Waals surface area (Å²) in [5.41, 5.74) is 9.34. The molecule has 7 heteroatoms. The first-order chi connectivity index (χ1) is 15.1. The van der Waals surface area contributed by atoms with Crippen molar-refractivity contribution in [1.82, 2.24) is 10.3 Å². The van der Waals surface area contributed by atoms with Crippen LogP contribution in [0.5, 0.6) is 0 Å². The normalized spacial score (nSPS) is 12.8. The summed E-state index contributed by atoms with van der Waals surface area (Å²) in [6, 6.07) is 19.5. The highest BCUT2D eigenvalue weighted by atomic mass is 32.2. The number of carboxylic acid groups (broad SMARTS) is 1. The summed E-state index contributed by atoms with van der Waals surface area (Å²) in [5, 5.41) is 12.5. The number of carbonyl (C=O) groups excluding carboxylic acids is 1. The topological polar surface area (TPSA) is 105 Å². The fourth-order valence-corrected chi connectivity index (χ4v) is 4.20. The number of nitrogens with two attached hydrogens (primary N) is 1. The van der Waals surface area contributed by atoms with Crippen LogP contribution in [0.3, 0.4) is 0 Å². The van der Waals surface area contributed by atoms with Crippen LogP contribution in [0.15, 0.2) is 79.1 Å². The van der Waals surface area contributed by atoms with Gasteiger partial charge >= 0.3 is 5.97 Å². The Kier molecular flexibility index (Phi) is 8.35. The summed E-state index contributed by atoms with van der Waals surface area (Å²) in [5.74, 6) is -0.446. The zero-order valence-electron chi connectivity index (χ0n) is 17.0. The monoisotopic (exact) mass is 435 g/mol. The van der Waals surface area contributed by atoms with E-state index in [0.717, 1.165) is 16.7 Å². The molecule has 1 unspecified atom stereocenters. The second-order valence-corrected chi connectivity index (χ2v) is 8.09. The number of pyridine rings is 1. The van der Waals surface area contributed by atoms with Gasteiger partial charge in [0.05, 0.1) is 5.75 Å². The lowest BCUT2D eigenvalue weighted by molar-refractivity contribution is -0.139. The largest absolute Gasteiger partial charge is 0.480 e. The molecule has 0 aliphatic heterocycles. The van der Waals surface area contributed by atoms with Crippen molar-refractivity contribution in [1.29, 1.82) is 0 Å². The molecule has 0 amide bonds. The van der Waals surface area contributed by atoms with Crippen molar-refractivity contribution in [3.63, 3.8) is 0 Å². The lowest BCUT2D eigenvalue weighted by Gasteiger charge is -2.22. The predicted molar refractivity (Wildman–Crippen MR) is 124 cm³/mol. The number of carbonyl (C=O) groups is 2. The summed E-state index contributed by atoms with van der Waals surface area (Å²) in [6.07, 6.45) is 3.40. The number of thioether (sulfide) groups is 1. The average Bonchev–Trinajstić information content (AvgIpc) is 2.81. The summed E-state index contributed by atoms with van der Waals surface area (Å²) in [4.78, 5) is 28.4. The van der Waals surface area contributed by atoms with E-state index >= 15 is 0 Å². The number of rotatable bonds is 11. The molecule has 0 spiro atoms. The van der Waals surface area contributed by atoms with Crippen molar-refractivity contribution in [2.75, 3.05) is 11.5 Å². The Morgan fingerprint density at radius 3 is 2.48 bits per heavy atom. The minimum absolute atomic E-state index is 0.000594. The van der Waals surface area contributed by atoms with Crippen LogP contribution in [0.2, 0.25) is 0 Å². The molecule has 6 nitrogen and oxygen atoms in total. The van der Waals surface area contributed by atoms with E-state index in [-0.39, 0.29) is 11.5 Å². The number of hydrogen-bond acceptors (Lipinski definition) is 6. The second kappa shape index (κ2) is 11.4. The lowest BCUT2D eigenvalue weighted by Crippen LogP contribution is -2.51. The van der Waals surface area contributed by atoms with Gasteiger partial charge in [0.1, 0.15) is 6.04 Å². The van der Waals surface area contributed by atoms with Crippen molar-refractivity contribution in [2.45, 2.75) is 18.6 Å². The van der Waals surface area contributed by atoms with E-state index in [2.05, 4.69) is 10.3 Å². The highest BCUT2D eigenvalue weighted by Crippen LogP contribution is 2.24. The summed E-state index contributed by atoms with van der Waals surface area (Å²) < 4.78 is 0. The highest BCUT2D eigenvalue weighted by Gasteiger charge is 2.24. The van der Waals surface area contributed by atoms with Crippen LogP contribution < -0.4 is 11.1 Å². The van der Waals surface area contributed by atoms with Gasteiger partial charge in [-0.05, 0) is 22.8 Å². The maximum Gasteiger partial charge on any atom is 0.322 e. The Morgan fingerprint density at radius 2 is 1.77 bits per heavy atom. The molecule has 4 N–H and O–H groups in total. The van der Waals surface area contributed by atoms with Crippen LogP contribution in [0.4, 0.5) is 0 Å². The van der Waals surface area contributed by atoms with Gasteiger partial charge in [-0.1, -0.05) is 60.7 Å². The van der Waals surface area contributed by atoms with Gasteiger partial charge in [0, 0.05) is 36.3 Å². The molecule has 1 heterocycles. The molecule has 0 fully saturated rings. The molecule has 0 bridgehead atoms. The number of Topliss-reactive ketones (excluding diaryl/α,β-unsaturated/α-hetero) is 1. The van der Waals surface area contributed by atoms with E-state index in [4.69, 9.17) is 5.73 Å². The van der Waals surface area contributed by atoms with Crippen molar-refractivity contribution in [3.8, 4) is 11.1 Å². The third-order valence-electron chi connectivity index (χ3n) is 4.85. The zero-order valence-corrected chi connectivity index (χ0v) is 17.8. The third kappa shape index (κ3) is 6.49. The quantitative estimate of drug-likeness (QED) is 0.397. The van der Waals surface area contributed by atoms with Crippen LogP contribution in [0.25, 0.3) is 11.1 Å². The van der Waals surface area contributed by atoms with Gasteiger partial charge in [0.2, 0.25) is 0 Å². The lowest BCUT2D eigenvalue weighted by atomic mass is 9.98. The maximum absolute atomic E-state index is 12.9. The van der Waals surface area contributed by atoms with Gasteiger partial charge in [0.15, 0.2) is 5.78 Å². The first-order valence-electron chi connectivity index (χ1n) is 9.92. The van der Waals surface area contributed by atoms with Crippen molar-refractivity contribution < 1.29 is 14.7 Å². The van der Waals surface area contributed by atoms with Crippen LogP contribution in [0, 0.1) is 0 Å². The number of nitrogens with zero attached hydrogens (tertiary/aromatic N) is 1. The zero-order chi connectivity index (χ0) is 22.1. The van der Waals surface area contributed by atoms with Crippen molar-refractivity contribution in [2.24, 2.45) is 5.73 Å². The van der Waals surface area contributed by atoms with Crippen LogP contribution in [-0.4, -0.2) is 45.4 Å². The van der Waals surface area contributed by atoms with E-state index in [1.165, 1.54) is 11.8 Å². The molecule has 0 aliphatic rings. The molecular weight excluding hydrogens is 410 g/mol. The van der Waals surface area contributed by atoms with E-state index < -0.39 is 18.1 Å². The number of ketones is 1. The first kappa shape index (κ1) is 22.7. The molecular formula is C24H25N3O3S. The summed E-state index contributed by atoms with van der Waals surface area (Å²) in [7, 11) is 0. The van der Waals surface area contributed by atoms with Gasteiger partial charge in [-0.15, -0.1) is 0 Å². The Morgan fingerprint density at radius 1 is 1.03 bits per heavy atom. The number of benzene rings is 2. The molecule has 2 aromatic carbocycles. The number of carboxylic acids is 1. The van der Waals surface area contributed by atoms with Gasteiger partial charge in [0.25, 0.3) is 0 Å². The van der Waals surface area contributed by atoms with Crippen LogP contribution >= 0.6 is 11.8 Å². The number of aliphatic carboxylic acids is 1. The molecule has 160 valence electrons. The molecule has 0 radical (unpaired) electrons. The number of nitrogens with one attached hydrogen (secondary N) is 1. The van der Waals surface area contributed by atoms with Gasteiger partial charge in [-0.25, -0.2) is 0 Å². The Bertz CT molecular complexity index is 999. The third-order valence-corrected chi connectivity index (χ3v) is 5.91. The fraction of sp³-hybridized carbons (Fsp3) is 0.208. The van der Waals surface area contributed by atoms with Crippen LogP contribution in [0.1, 0.15) is 15.9 Å². The molecule has 1 aromatic heterocycles. The molecule has 31 heavy (non-hydrogen) atoms. The maximum atomic E-state index is 12.9. The van der Waals surface area contributed by atoms with E-state index in [9.17, 15) is 14.7 Å². The SMILES string of the molecule is N[C@H](C(=O)O)C(CSCC(=O)c1ccccc1-c1ccccc1)NCc1cccnc1. The van der Waals surface area contributed by atoms with Crippen molar-refractivity contribution >= 4 is 23.5 Å². The Labute approximate surface area is 185 Å². The summed E-state index contributed by atoms with van der Waals surface area (Å²) >= 11 is 1.38. The first-order valence-corrected chi connectivity index (χ1v) is 11.1. The van der Waals surface area contributed by atoms with E-state index in [1.54, 1.807) is 12.4 Å². The molecule has 2 atom stereocenters. The molecule has 0 saturated carbocycles. The van der Waals surface area contributed by atoms with E-state index in [1.807, 2.05) is 66.7 Å². The molecule has 3 aromatic rings. The fourth-order valence-electron chi connectivity index (χ4n) is 3.17. The minimum Gasteiger partial charge on any atom is -0.480 e. The number of aromatic nitrogens is 1. The van der Waals surface area contributed by atoms with E-state index in [0.29, 0.717) is 17.9 Å². The van der Waals surface area contributed by atoms with Gasteiger partial charge in [-0.2, -0.15) is 11.8 Å². The Balaban J connectivity index is 1.62. The van der Waals surface area contributed by atoms with Gasteiger partial charge in [-0.3, -0.25) is 14.6 Å². The molecule has 0 aliphatic carbocycles. The Hall–Kier alpha value is -3.00. The highest BCUT2D eigenvalue weighted by molar-refractivity contribution is 8.00. The van der Waals surface area contributed by atoms with Crippen LogP contribution in [-0.2, 0) is 11.3 Å².